The summed E-state index contributed by atoms with van der Waals surface area (Å²) in [6.07, 6.45) is -2.94. The van der Waals surface area contributed by atoms with Crippen LogP contribution in [0.1, 0.15) is 31.0 Å². The van der Waals surface area contributed by atoms with Crippen LogP contribution >= 0.6 is 0 Å². The molecule has 36 heavy (non-hydrogen) atoms. The highest BCUT2D eigenvalue weighted by Crippen LogP contribution is 2.41. The molecule has 1 aromatic carbocycles. The average molecular weight is 502 g/mol. The molecule has 0 aliphatic carbocycles. The Hall–Kier alpha value is -3.83. The van der Waals surface area contributed by atoms with Crippen molar-refractivity contribution in [3.63, 3.8) is 0 Å². The number of carbonyl (C=O) groups is 1. The third-order valence-electron chi connectivity index (χ3n) is 6.33. The Bertz CT molecular complexity index is 1290. The van der Waals surface area contributed by atoms with Crippen LogP contribution < -0.4 is 19.7 Å². The predicted molar refractivity (Wildman–Crippen MR) is 126 cm³/mol. The molecule has 4 heterocycles. The average Bonchev–Trinajstić information content (AvgIpc) is 2.87. The third-order valence-corrected chi connectivity index (χ3v) is 6.33. The van der Waals surface area contributed by atoms with Crippen molar-refractivity contribution in [1.82, 2.24) is 19.9 Å². The summed E-state index contributed by atoms with van der Waals surface area (Å²) in [6.45, 7) is 5.62. The van der Waals surface area contributed by atoms with Gasteiger partial charge in [-0.15, -0.1) is 0 Å². The number of para-hydroxylation sites is 1. The summed E-state index contributed by atoms with van der Waals surface area (Å²) >= 11 is 0. The van der Waals surface area contributed by atoms with Crippen molar-refractivity contribution in [2.75, 3.05) is 49.6 Å². The molecule has 3 aromatic rings. The molecule has 190 valence electrons. The summed E-state index contributed by atoms with van der Waals surface area (Å²) in [6, 6.07) is 5.33. The van der Waals surface area contributed by atoms with Crippen LogP contribution in [0.5, 0.6) is 11.8 Å². The van der Waals surface area contributed by atoms with Gasteiger partial charge in [-0.2, -0.15) is 23.1 Å². The second-order valence-corrected chi connectivity index (χ2v) is 8.69. The number of halogens is 3. The molecule has 1 atom stereocenters. The molecule has 1 fully saturated rings. The van der Waals surface area contributed by atoms with Crippen molar-refractivity contribution in [1.29, 1.82) is 0 Å². The number of piperazine rings is 1. The number of carbonyl (C=O) groups excluding carboxylic acids is 1. The number of rotatable bonds is 1. The minimum absolute atomic E-state index is 0.0309. The standard InChI is InChI=1S/C24H25F3N6O3/c1-14-16-4-3-5-18(24(25,26)27)21(16)35-10-11-36-23-30-19-13-28-20(12-17(19)22(29-14)31-23)33-8-6-32(7-9-33)15(2)34/h3-5,12-14H,6-11H2,1-2H3,(H,29,30,31)/t14-/m1/s1. The summed E-state index contributed by atoms with van der Waals surface area (Å²) in [5, 5.41) is 3.89. The number of alkyl halides is 3. The van der Waals surface area contributed by atoms with Crippen LogP contribution in [0.4, 0.5) is 24.8 Å². The van der Waals surface area contributed by atoms with E-state index in [2.05, 4.69) is 25.2 Å². The maximum Gasteiger partial charge on any atom is 0.419 e. The molecule has 1 N–H and O–H groups in total. The molecule has 0 spiro atoms. The quantitative estimate of drug-likeness (QED) is 0.539. The van der Waals surface area contributed by atoms with Gasteiger partial charge in [-0.25, -0.2) is 4.98 Å². The van der Waals surface area contributed by atoms with Crippen molar-refractivity contribution in [2.24, 2.45) is 0 Å². The fourth-order valence-electron chi connectivity index (χ4n) is 4.44. The minimum atomic E-state index is -4.57. The lowest BCUT2D eigenvalue weighted by molar-refractivity contribution is -0.139. The fraction of sp³-hybridized carbons (Fsp3) is 0.417. The van der Waals surface area contributed by atoms with E-state index in [4.69, 9.17) is 9.47 Å². The van der Waals surface area contributed by atoms with Gasteiger partial charge in [0.2, 0.25) is 5.91 Å². The molecule has 2 aliphatic heterocycles. The first-order valence-corrected chi connectivity index (χ1v) is 11.6. The molecule has 0 unspecified atom stereocenters. The zero-order valence-corrected chi connectivity index (χ0v) is 19.8. The predicted octanol–water partition coefficient (Wildman–Crippen LogP) is 3.66. The molecule has 0 radical (unpaired) electrons. The van der Waals surface area contributed by atoms with E-state index in [-0.39, 0.29) is 30.9 Å². The SMILES string of the molecule is CC(=O)N1CCN(c2cc3c4nc(nc3cn2)OCCOc2c(cccc2C(F)(F)F)[C@@H](C)N4)CC1. The Labute approximate surface area is 205 Å². The molecule has 1 amide bonds. The number of nitrogens with zero attached hydrogens (tertiary/aromatic N) is 5. The number of fused-ring (bicyclic) bond motifs is 5. The first-order chi connectivity index (χ1) is 17.2. The maximum absolute atomic E-state index is 13.7. The van der Waals surface area contributed by atoms with Crippen LogP contribution in [-0.4, -0.2) is 65.2 Å². The largest absolute Gasteiger partial charge is 0.489 e. The van der Waals surface area contributed by atoms with Crippen molar-refractivity contribution < 1.29 is 27.4 Å². The summed E-state index contributed by atoms with van der Waals surface area (Å²) in [7, 11) is 0. The van der Waals surface area contributed by atoms with Crippen LogP contribution in [-0.2, 0) is 11.0 Å². The number of amides is 1. The number of ether oxygens (including phenoxy) is 2. The molecule has 2 aromatic heterocycles. The summed E-state index contributed by atoms with van der Waals surface area (Å²) in [5.41, 5.74) is 0.0478. The number of hydrogen-bond acceptors (Lipinski definition) is 8. The Kier molecular flexibility index (Phi) is 6.19. The molecule has 12 heteroatoms. The van der Waals surface area contributed by atoms with Crippen molar-refractivity contribution in [2.45, 2.75) is 26.1 Å². The van der Waals surface area contributed by atoms with E-state index in [9.17, 15) is 18.0 Å². The van der Waals surface area contributed by atoms with Gasteiger partial charge in [-0.1, -0.05) is 12.1 Å². The number of anilines is 2. The van der Waals surface area contributed by atoms with Gasteiger partial charge in [0, 0.05) is 44.1 Å². The second-order valence-electron chi connectivity index (χ2n) is 8.69. The Balaban J connectivity index is 1.52. The number of hydrogen-bond donors (Lipinski definition) is 1. The van der Waals surface area contributed by atoms with Crippen LogP contribution in [0.15, 0.2) is 30.5 Å². The Morgan fingerprint density at radius 2 is 1.86 bits per heavy atom. The van der Waals surface area contributed by atoms with E-state index < -0.39 is 17.8 Å². The van der Waals surface area contributed by atoms with E-state index in [1.165, 1.54) is 6.07 Å². The van der Waals surface area contributed by atoms with Gasteiger partial charge in [0.25, 0.3) is 0 Å². The van der Waals surface area contributed by atoms with Crippen molar-refractivity contribution in [3.8, 4) is 11.8 Å². The van der Waals surface area contributed by atoms with Crippen LogP contribution in [0.25, 0.3) is 10.9 Å². The normalized spacial score (nSPS) is 18.4. The minimum Gasteiger partial charge on any atom is -0.489 e. The molecule has 2 aliphatic rings. The van der Waals surface area contributed by atoms with Gasteiger partial charge in [-0.3, -0.25) is 4.79 Å². The highest BCUT2D eigenvalue weighted by Gasteiger charge is 2.36. The molecule has 9 nitrogen and oxygen atoms in total. The molecule has 2 bridgehead atoms. The van der Waals surface area contributed by atoms with Gasteiger partial charge in [0.05, 0.1) is 23.3 Å². The van der Waals surface area contributed by atoms with Crippen molar-refractivity contribution in [3.05, 3.63) is 41.6 Å². The third kappa shape index (κ3) is 4.67. The number of benzene rings is 1. The zero-order valence-electron chi connectivity index (χ0n) is 19.8. The van der Waals surface area contributed by atoms with E-state index in [0.717, 1.165) is 6.07 Å². The number of aromatic nitrogens is 3. The monoisotopic (exact) mass is 502 g/mol. The van der Waals surface area contributed by atoms with E-state index in [0.29, 0.717) is 54.3 Å². The lowest BCUT2D eigenvalue weighted by Gasteiger charge is -2.35. The molecule has 5 rings (SSSR count). The highest BCUT2D eigenvalue weighted by molar-refractivity contribution is 5.91. The van der Waals surface area contributed by atoms with Crippen LogP contribution in [0.3, 0.4) is 0 Å². The Morgan fingerprint density at radius 1 is 1.11 bits per heavy atom. The maximum atomic E-state index is 13.7. The van der Waals surface area contributed by atoms with Gasteiger partial charge < -0.3 is 24.6 Å². The second kappa shape index (κ2) is 9.32. The fourth-order valence-corrected chi connectivity index (χ4v) is 4.44. The number of pyridine rings is 1. The van der Waals surface area contributed by atoms with Gasteiger partial charge in [-0.05, 0) is 19.1 Å². The van der Waals surface area contributed by atoms with Gasteiger partial charge in [0.15, 0.2) is 0 Å². The smallest absolute Gasteiger partial charge is 0.419 e. The molecular weight excluding hydrogens is 477 g/mol. The van der Waals surface area contributed by atoms with E-state index in [1.54, 1.807) is 31.0 Å². The summed E-state index contributed by atoms with van der Waals surface area (Å²) in [4.78, 5) is 29.0. The lowest BCUT2D eigenvalue weighted by atomic mass is 10.0. The van der Waals surface area contributed by atoms with Crippen molar-refractivity contribution >= 4 is 28.4 Å². The lowest BCUT2D eigenvalue weighted by Crippen LogP contribution is -2.48. The molecular formula is C24H25F3N6O3. The summed E-state index contributed by atoms with van der Waals surface area (Å²) in [5.74, 6) is 0.925. The van der Waals surface area contributed by atoms with Gasteiger partial charge in [0.1, 0.15) is 30.6 Å². The van der Waals surface area contributed by atoms with Gasteiger partial charge >= 0.3 is 12.2 Å². The topological polar surface area (TPSA) is 92.7 Å². The Morgan fingerprint density at radius 3 is 2.58 bits per heavy atom. The van der Waals surface area contributed by atoms with E-state index in [1.807, 2.05) is 6.07 Å². The molecule has 1 saturated heterocycles. The first-order valence-electron chi connectivity index (χ1n) is 11.6. The molecule has 0 saturated carbocycles. The first kappa shape index (κ1) is 23.9. The zero-order chi connectivity index (χ0) is 25.4. The number of nitrogens with one attached hydrogen (secondary N) is 1. The van der Waals surface area contributed by atoms with Crippen LogP contribution in [0, 0.1) is 0 Å². The van der Waals surface area contributed by atoms with E-state index >= 15 is 0 Å². The van der Waals surface area contributed by atoms with Crippen LogP contribution in [0.2, 0.25) is 0 Å². The highest BCUT2D eigenvalue weighted by atomic mass is 19.4. The summed E-state index contributed by atoms with van der Waals surface area (Å²) < 4.78 is 52.2.